The smallest absolute Gasteiger partial charge is 0.270 e. The molecule has 2 aromatic rings. The third kappa shape index (κ3) is 1.61. The molecule has 78 valence electrons. The van der Waals surface area contributed by atoms with Crippen LogP contribution in [0.15, 0.2) is 35.1 Å². The lowest BCUT2D eigenvalue weighted by Crippen LogP contribution is -2.14. The lowest BCUT2D eigenvalue weighted by molar-refractivity contribution is 0.740. The molecule has 0 bridgehead atoms. The number of benzene rings is 1. The molecule has 1 aromatic carbocycles. The number of aromatic nitrogens is 2. The lowest BCUT2D eigenvalue weighted by Gasteiger charge is -1.99. The summed E-state index contributed by atoms with van der Waals surface area (Å²) in [5.41, 5.74) is 2.91. The van der Waals surface area contributed by atoms with Crippen LogP contribution in [0.1, 0.15) is 12.5 Å². The molecule has 1 heterocycles. The summed E-state index contributed by atoms with van der Waals surface area (Å²) in [5, 5.41) is 3.08. The van der Waals surface area contributed by atoms with Gasteiger partial charge in [-0.15, -0.1) is 0 Å². The fraction of sp³-hybridized carbons (Fsp3) is 0.250. The Labute approximate surface area is 88.4 Å². The van der Waals surface area contributed by atoms with Crippen molar-refractivity contribution >= 4 is 0 Å². The topological polar surface area (TPSA) is 37.8 Å². The Morgan fingerprint density at radius 1 is 1.27 bits per heavy atom. The second kappa shape index (κ2) is 3.77. The molecule has 0 aliphatic carbocycles. The maximum absolute atomic E-state index is 11.7. The van der Waals surface area contributed by atoms with Gasteiger partial charge in [0.05, 0.1) is 5.69 Å². The molecular weight excluding hydrogens is 188 g/mol. The quantitative estimate of drug-likeness (QED) is 0.794. The Hall–Kier alpha value is -1.77. The molecule has 0 spiro atoms. The number of hydrogen-bond donors (Lipinski definition) is 1. The number of aryl methyl sites for hydroxylation is 1. The van der Waals surface area contributed by atoms with Gasteiger partial charge in [-0.2, -0.15) is 0 Å². The zero-order chi connectivity index (χ0) is 10.8. The Morgan fingerprint density at radius 3 is 2.53 bits per heavy atom. The van der Waals surface area contributed by atoms with Crippen LogP contribution < -0.4 is 5.56 Å². The number of aromatic amines is 1. The van der Waals surface area contributed by atoms with Gasteiger partial charge < -0.3 is 0 Å². The fourth-order valence-electron chi connectivity index (χ4n) is 1.77. The van der Waals surface area contributed by atoms with Gasteiger partial charge in [0.1, 0.15) is 0 Å². The van der Waals surface area contributed by atoms with Gasteiger partial charge in [-0.3, -0.25) is 14.6 Å². The van der Waals surface area contributed by atoms with E-state index in [2.05, 4.69) is 5.10 Å². The van der Waals surface area contributed by atoms with Crippen molar-refractivity contribution < 1.29 is 0 Å². The van der Waals surface area contributed by atoms with E-state index in [0.29, 0.717) is 0 Å². The van der Waals surface area contributed by atoms with Gasteiger partial charge in [-0.25, -0.2) is 0 Å². The molecule has 1 aromatic heterocycles. The van der Waals surface area contributed by atoms with Crippen molar-refractivity contribution in [1.29, 1.82) is 0 Å². The van der Waals surface area contributed by atoms with Crippen LogP contribution in [-0.4, -0.2) is 9.78 Å². The minimum Gasteiger partial charge on any atom is -0.295 e. The number of rotatable bonds is 2. The summed E-state index contributed by atoms with van der Waals surface area (Å²) in [6.07, 6.45) is 0.750. The Bertz CT molecular complexity index is 508. The van der Waals surface area contributed by atoms with E-state index in [1.165, 1.54) is 4.68 Å². The molecule has 0 atom stereocenters. The highest BCUT2D eigenvalue weighted by Crippen LogP contribution is 2.18. The highest BCUT2D eigenvalue weighted by molar-refractivity contribution is 5.62. The summed E-state index contributed by atoms with van der Waals surface area (Å²) in [6, 6.07) is 9.92. The van der Waals surface area contributed by atoms with Crippen LogP contribution >= 0.6 is 0 Å². The number of nitrogens with one attached hydrogen (secondary N) is 1. The molecular formula is C12H14N2O. The van der Waals surface area contributed by atoms with Crippen molar-refractivity contribution in [2.75, 3.05) is 0 Å². The highest BCUT2D eigenvalue weighted by Gasteiger charge is 2.11. The predicted octanol–water partition coefficient (Wildman–Crippen LogP) is 1.94. The summed E-state index contributed by atoms with van der Waals surface area (Å²) >= 11 is 0. The molecule has 0 aliphatic heterocycles. The van der Waals surface area contributed by atoms with E-state index in [1.807, 2.05) is 37.3 Å². The molecule has 15 heavy (non-hydrogen) atoms. The number of H-pyrrole nitrogens is 1. The normalized spacial score (nSPS) is 10.5. The summed E-state index contributed by atoms with van der Waals surface area (Å²) in [7, 11) is 1.74. The maximum Gasteiger partial charge on any atom is 0.270 e. The zero-order valence-electron chi connectivity index (χ0n) is 8.95. The largest absolute Gasteiger partial charge is 0.295 e. The van der Waals surface area contributed by atoms with Crippen LogP contribution in [0, 0.1) is 0 Å². The summed E-state index contributed by atoms with van der Waals surface area (Å²) in [4.78, 5) is 11.7. The van der Waals surface area contributed by atoms with Crippen LogP contribution in [-0.2, 0) is 13.5 Å². The van der Waals surface area contributed by atoms with Gasteiger partial charge in [0.15, 0.2) is 0 Å². The van der Waals surface area contributed by atoms with E-state index in [4.69, 9.17) is 0 Å². The third-order valence-electron chi connectivity index (χ3n) is 2.56. The van der Waals surface area contributed by atoms with Crippen molar-refractivity contribution in [3.8, 4) is 11.3 Å². The predicted molar refractivity (Wildman–Crippen MR) is 60.8 cm³/mol. The van der Waals surface area contributed by atoms with E-state index >= 15 is 0 Å². The SMILES string of the molecule is CCc1c(-c2ccccc2)[nH]n(C)c1=O. The second-order valence-electron chi connectivity index (χ2n) is 3.55. The summed E-state index contributed by atoms with van der Waals surface area (Å²) in [5.74, 6) is 0. The van der Waals surface area contributed by atoms with Crippen molar-refractivity contribution in [1.82, 2.24) is 9.78 Å². The van der Waals surface area contributed by atoms with Crippen molar-refractivity contribution in [3.63, 3.8) is 0 Å². The van der Waals surface area contributed by atoms with Gasteiger partial charge in [-0.05, 0) is 12.0 Å². The van der Waals surface area contributed by atoms with Crippen LogP contribution in [0.25, 0.3) is 11.3 Å². The third-order valence-corrected chi connectivity index (χ3v) is 2.56. The van der Waals surface area contributed by atoms with Crippen LogP contribution in [0.3, 0.4) is 0 Å². The maximum atomic E-state index is 11.7. The minimum absolute atomic E-state index is 0.0661. The molecule has 0 saturated carbocycles. The van der Waals surface area contributed by atoms with Crippen molar-refractivity contribution in [3.05, 3.63) is 46.2 Å². The van der Waals surface area contributed by atoms with E-state index in [-0.39, 0.29) is 5.56 Å². The first-order chi connectivity index (χ1) is 7.24. The first kappa shape index (κ1) is 9.77. The summed E-state index contributed by atoms with van der Waals surface area (Å²) < 4.78 is 1.53. The first-order valence-electron chi connectivity index (χ1n) is 5.07. The van der Waals surface area contributed by atoms with Gasteiger partial charge in [0.2, 0.25) is 0 Å². The average Bonchev–Trinajstić information content (AvgIpc) is 2.56. The van der Waals surface area contributed by atoms with Gasteiger partial charge in [0.25, 0.3) is 5.56 Å². The molecule has 3 heteroatoms. The minimum atomic E-state index is 0.0661. The molecule has 0 unspecified atom stereocenters. The first-order valence-corrected chi connectivity index (χ1v) is 5.07. The van der Waals surface area contributed by atoms with E-state index < -0.39 is 0 Å². The zero-order valence-corrected chi connectivity index (χ0v) is 8.95. The Kier molecular flexibility index (Phi) is 2.46. The molecule has 0 aliphatic rings. The molecule has 1 N–H and O–H groups in total. The Morgan fingerprint density at radius 2 is 1.93 bits per heavy atom. The van der Waals surface area contributed by atoms with E-state index in [9.17, 15) is 4.79 Å². The van der Waals surface area contributed by atoms with Crippen LogP contribution in [0.4, 0.5) is 0 Å². The number of nitrogens with zero attached hydrogens (tertiary/aromatic N) is 1. The number of hydrogen-bond acceptors (Lipinski definition) is 1. The molecule has 0 saturated heterocycles. The van der Waals surface area contributed by atoms with Gasteiger partial charge >= 0.3 is 0 Å². The molecule has 2 rings (SSSR count). The molecule has 3 nitrogen and oxygen atoms in total. The Balaban J connectivity index is 2.64. The monoisotopic (exact) mass is 202 g/mol. The van der Waals surface area contributed by atoms with E-state index in [0.717, 1.165) is 23.2 Å². The lowest BCUT2D eigenvalue weighted by atomic mass is 10.1. The fourth-order valence-corrected chi connectivity index (χ4v) is 1.77. The molecule has 0 fully saturated rings. The highest BCUT2D eigenvalue weighted by atomic mass is 16.1. The van der Waals surface area contributed by atoms with Crippen LogP contribution in [0.5, 0.6) is 0 Å². The van der Waals surface area contributed by atoms with Crippen molar-refractivity contribution in [2.24, 2.45) is 7.05 Å². The van der Waals surface area contributed by atoms with Crippen LogP contribution in [0.2, 0.25) is 0 Å². The molecule has 0 amide bonds. The van der Waals surface area contributed by atoms with Crippen molar-refractivity contribution in [2.45, 2.75) is 13.3 Å². The van der Waals surface area contributed by atoms with E-state index in [1.54, 1.807) is 7.05 Å². The molecule has 0 radical (unpaired) electrons. The van der Waals surface area contributed by atoms with Gasteiger partial charge in [0, 0.05) is 12.6 Å². The summed E-state index contributed by atoms with van der Waals surface area (Å²) in [6.45, 7) is 2.00. The second-order valence-corrected chi connectivity index (χ2v) is 3.55. The standard InChI is InChI=1S/C12H14N2O/c1-3-10-11(13-14(2)12(10)15)9-7-5-4-6-8-9/h4-8,13H,3H2,1-2H3. The van der Waals surface area contributed by atoms with Gasteiger partial charge in [-0.1, -0.05) is 37.3 Å². The average molecular weight is 202 g/mol.